The number of hydrogen-bond donors (Lipinski definition) is 2. The molecule has 4 rings (SSSR count). The Morgan fingerprint density at radius 2 is 1.76 bits per heavy atom. The summed E-state index contributed by atoms with van der Waals surface area (Å²) >= 11 is 0. The van der Waals surface area contributed by atoms with E-state index in [0.717, 1.165) is 42.8 Å². The van der Waals surface area contributed by atoms with E-state index in [0.29, 0.717) is 38.3 Å². The van der Waals surface area contributed by atoms with Crippen molar-refractivity contribution in [2.45, 2.75) is 36.9 Å². The van der Waals surface area contributed by atoms with Crippen molar-refractivity contribution >= 4 is 15.9 Å². The maximum atomic E-state index is 13.9. The number of dihydropyridines is 1. The van der Waals surface area contributed by atoms with Crippen LogP contribution < -0.4 is 11.1 Å². The Balaban J connectivity index is 1.27. The van der Waals surface area contributed by atoms with E-state index >= 15 is 0 Å². The predicted octanol–water partition coefficient (Wildman–Crippen LogP) is 1.15. The van der Waals surface area contributed by atoms with Gasteiger partial charge in [-0.1, -0.05) is 6.07 Å². The molecule has 1 aromatic carbocycles. The molecule has 0 spiro atoms. The topological polar surface area (TPSA) is 102 Å². The van der Waals surface area contributed by atoms with Crippen molar-refractivity contribution in [1.82, 2.24) is 24.3 Å². The van der Waals surface area contributed by atoms with E-state index in [-0.39, 0.29) is 16.7 Å². The number of amides is 1. The van der Waals surface area contributed by atoms with Gasteiger partial charge in [0.1, 0.15) is 11.5 Å². The molecule has 3 heterocycles. The predicted molar refractivity (Wildman–Crippen MR) is 141 cm³/mol. The average Bonchev–Trinajstić information content (AvgIpc) is 2.85. The second-order valence-corrected chi connectivity index (χ2v) is 12.8. The molecule has 2 fully saturated rings. The summed E-state index contributed by atoms with van der Waals surface area (Å²) < 4.78 is 40.3. The van der Waals surface area contributed by atoms with Gasteiger partial charge in [0.05, 0.1) is 4.90 Å². The summed E-state index contributed by atoms with van der Waals surface area (Å²) in [6.07, 6.45) is 7.68. The number of nitrogens with zero attached hydrogens (tertiary/aromatic N) is 4. The lowest BCUT2D eigenvalue weighted by molar-refractivity contribution is -0.138. The molecule has 3 N–H and O–H groups in total. The third-order valence-electron chi connectivity index (χ3n) is 7.39. The molecule has 0 aliphatic carbocycles. The van der Waals surface area contributed by atoms with Crippen LogP contribution in [0.4, 0.5) is 4.39 Å². The highest BCUT2D eigenvalue weighted by Gasteiger charge is 2.31. The number of halogens is 1. The molecule has 9 nitrogen and oxygen atoms in total. The van der Waals surface area contributed by atoms with E-state index in [2.05, 4.69) is 27.3 Å². The number of nitrogens with two attached hydrogens (primary N) is 1. The molecule has 37 heavy (non-hydrogen) atoms. The fourth-order valence-corrected chi connectivity index (χ4v) is 6.34. The fourth-order valence-electron chi connectivity index (χ4n) is 5.22. The number of hydrogen-bond acceptors (Lipinski definition) is 7. The Labute approximate surface area is 219 Å². The molecule has 0 bridgehead atoms. The maximum absolute atomic E-state index is 13.9. The minimum atomic E-state index is -3.76. The molecule has 1 unspecified atom stereocenters. The number of carbonyl (C=O) groups is 1. The lowest BCUT2D eigenvalue weighted by Gasteiger charge is -2.39. The van der Waals surface area contributed by atoms with Crippen molar-refractivity contribution in [2.24, 2.45) is 11.7 Å². The minimum Gasteiger partial charge on any atom is -0.370 e. The van der Waals surface area contributed by atoms with E-state index in [1.807, 2.05) is 18.0 Å². The van der Waals surface area contributed by atoms with Gasteiger partial charge < -0.3 is 16.0 Å². The molecule has 1 aromatic rings. The molecule has 3 aliphatic heterocycles. The maximum Gasteiger partial charge on any atom is 0.242 e. The van der Waals surface area contributed by atoms with Crippen LogP contribution in [0, 0.1) is 11.7 Å². The van der Waals surface area contributed by atoms with Gasteiger partial charge in [-0.3, -0.25) is 14.6 Å². The van der Waals surface area contributed by atoms with Gasteiger partial charge >= 0.3 is 0 Å². The summed E-state index contributed by atoms with van der Waals surface area (Å²) in [5.74, 6) is -0.325. The smallest absolute Gasteiger partial charge is 0.242 e. The van der Waals surface area contributed by atoms with Gasteiger partial charge in [0.15, 0.2) is 0 Å². The quantitative estimate of drug-likeness (QED) is 0.541. The van der Waals surface area contributed by atoms with Gasteiger partial charge in [-0.15, -0.1) is 0 Å². The minimum absolute atomic E-state index is 0.00500. The third-order valence-corrected chi connectivity index (χ3v) is 9.28. The van der Waals surface area contributed by atoms with Crippen LogP contribution in [0.2, 0.25) is 0 Å². The number of benzene rings is 1. The first-order chi connectivity index (χ1) is 17.4. The van der Waals surface area contributed by atoms with Crippen molar-refractivity contribution in [3.8, 4) is 0 Å². The zero-order valence-corrected chi connectivity index (χ0v) is 22.8. The summed E-state index contributed by atoms with van der Waals surface area (Å²) in [5, 5.41) is 3.12. The average molecular weight is 535 g/mol. The van der Waals surface area contributed by atoms with Crippen LogP contribution in [0.1, 0.15) is 25.3 Å². The molecule has 1 amide bonds. The molecule has 2 saturated heterocycles. The van der Waals surface area contributed by atoms with Gasteiger partial charge in [-0.05, 0) is 74.5 Å². The molecular weight excluding hydrogens is 495 g/mol. The van der Waals surface area contributed by atoms with Gasteiger partial charge in [-0.2, -0.15) is 0 Å². The molecule has 204 valence electrons. The van der Waals surface area contributed by atoms with Gasteiger partial charge in [0, 0.05) is 59.3 Å². The van der Waals surface area contributed by atoms with Crippen LogP contribution in [0.15, 0.2) is 47.0 Å². The molecule has 0 aromatic heterocycles. The SMILES string of the molecule is CN(C)S(=O)(=O)c1cc(F)ccc1CN1CCN(C(=O)C2CCN(CC3=CC(C)(N)NC=C3)CC2)CC1. The number of piperazine rings is 1. The van der Waals surface area contributed by atoms with Crippen LogP contribution in [0.25, 0.3) is 0 Å². The molecular formula is C26H39FN6O3S. The zero-order valence-electron chi connectivity index (χ0n) is 22.0. The monoisotopic (exact) mass is 534 g/mol. The third kappa shape index (κ3) is 6.77. The van der Waals surface area contributed by atoms with Crippen LogP contribution in [-0.4, -0.2) is 98.9 Å². The number of nitrogens with one attached hydrogen (secondary N) is 1. The van der Waals surface area contributed by atoms with Crippen molar-refractivity contribution in [1.29, 1.82) is 0 Å². The first-order valence-corrected chi connectivity index (χ1v) is 14.3. The van der Waals surface area contributed by atoms with Crippen molar-refractivity contribution in [3.63, 3.8) is 0 Å². The van der Waals surface area contributed by atoms with E-state index in [1.54, 1.807) is 6.07 Å². The van der Waals surface area contributed by atoms with E-state index < -0.39 is 21.5 Å². The summed E-state index contributed by atoms with van der Waals surface area (Å²) in [6.45, 7) is 7.43. The second-order valence-electron chi connectivity index (χ2n) is 10.7. The highest BCUT2D eigenvalue weighted by Crippen LogP contribution is 2.24. The van der Waals surface area contributed by atoms with Crippen LogP contribution in [0.5, 0.6) is 0 Å². The van der Waals surface area contributed by atoms with E-state index in [4.69, 9.17) is 5.73 Å². The number of piperidine rings is 1. The summed E-state index contributed by atoms with van der Waals surface area (Å²) in [7, 11) is -0.876. The van der Waals surface area contributed by atoms with Crippen molar-refractivity contribution in [3.05, 3.63) is 53.5 Å². The molecule has 0 radical (unpaired) electrons. The lowest BCUT2D eigenvalue weighted by Crippen LogP contribution is -2.51. The lowest BCUT2D eigenvalue weighted by atomic mass is 9.94. The Hall–Kier alpha value is -2.31. The number of likely N-dealkylation sites (tertiary alicyclic amines) is 1. The van der Waals surface area contributed by atoms with Crippen molar-refractivity contribution in [2.75, 3.05) is 59.9 Å². The number of carbonyl (C=O) groups excluding carboxylic acids is 1. The van der Waals surface area contributed by atoms with Crippen LogP contribution >= 0.6 is 0 Å². The normalized spacial score (nSPS) is 24.3. The fraction of sp³-hybridized carbons (Fsp3) is 0.577. The Morgan fingerprint density at radius 1 is 1.11 bits per heavy atom. The molecule has 3 aliphatic rings. The van der Waals surface area contributed by atoms with Crippen LogP contribution in [0.3, 0.4) is 0 Å². The highest BCUT2D eigenvalue weighted by molar-refractivity contribution is 7.89. The Kier molecular flexibility index (Phi) is 8.39. The molecule has 1 atom stereocenters. The number of rotatable bonds is 7. The first-order valence-electron chi connectivity index (χ1n) is 12.8. The van der Waals surface area contributed by atoms with Gasteiger partial charge in [-0.25, -0.2) is 17.1 Å². The van der Waals surface area contributed by atoms with Crippen LogP contribution in [-0.2, 0) is 21.4 Å². The highest BCUT2D eigenvalue weighted by atomic mass is 32.2. The van der Waals surface area contributed by atoms with E-state index in [1.165, 1.54) is 25.7 Å². The molecule has 0 saturated carbocycles. The van der Waals surface area contributed by atoms with Gasteiger partial charge in [0.25, 0.3) is 0 Å². The summed E-state index contributed by atoms with van der Waals surface area (Å²) in [6, 6.07) is 3.92. The second kappa shape index (κ2) is 11.2. The van der Waals surface area contributed by atoms with E-state index in [9.17, 15) is 17.6 Å². The van der Waals surface area contributed by atoms with Crippen molar-refractivity contribution < 1.29 is 17.6 Å². The summed E-state index contributed by atoms with van der Waals surface area (Å²) in [4.78, 5) is 19.7. The Morgan fingerprint density at radius 3 is 2.38 bits per heavy atom. The largest absolute Gasteiger partial charge is 0.370 e. The standard InChI is InChI=1S/C26H39FN6O3S/c1-26(28)17-20(6-9-29-26)18-31-10-7-21(8-11-31)25(34)33-14-12-32(13-15-33)19-22-4-5-23(27)16-24(22)37(35,36)30(2)3/h4-6,9,16-17,21,29H,7-8,10-15,18-19,28H2,1-3H3. The molecule has 11 heteroatoms. The van der Waals surface area contributed by atoms with Gasteiger partial charge in [0.2, 0.25) is 15.9 Å². The first kappa shape index (κ1) is 27.7. The Bertz CT molecular complexity index is 1150. The zero-order chi connectivity index (χ0) is 26.8. The summed E-state index contributed by atoms with van der Waals surface area (Å²) in [5.41, 5.74) is 7.38. The number of sulfonamides is 1.